The fourth-order valence-corrected chi connectivity index (χ4v) is 5.26. The number of hydrogen-bond acceptors (Lipinski definition) is 5. The van der Waals surface area contributed by atoms with Crippen LogP contribution in [-0.2, 0) is 10.0 Å². The number of ether oxygens (including phenoxy) is 1. The highest BCUT2D eigenvalue weighted by molar-refractivity contribution is 7.92. The van der Waals surface area contributed by atoms with E-state index in [4.69, 9.17) is 4.74 Å². The van der Waals surface area contributed by atoms with Crippen LogP contribution in [0.3, 0.4) is 0 Å². The summed E-state index contributed by atoms with van der Waals surface area (Å²) in [6, 6.07) is 20.2. The highest BCUT2D eigenvalue weighted by Crippen LogP contribution is 2.27. The summed E-state index contributed by atoms with van der Waals surface area (Å²) in [5.74, 6) is 0.254. The van der Waals surface area contributed by atoms with Gasteiger partial charge in [-0.05, 0) is 56.2 Å². The summed E-state index contributed by atoms with van der Waals surface area (Å²) in [6.07, 6.45) is 1.21. The van der Waals surface area contributed by atoms with Gasteiger partial charge in [0.1, 0.15) is 5.75 Å². The lowest BCUT2D eigenvalue weighted by molar-refractivity contribution is 0.0650. The predicted molar refractivity (Wildman–Crippen MR) is 134 cm³/mol. The molecule has 0 aromatic heterocycles. The molecule has 0 aliphatic carbocycles. The van der Waals surface area contributed by atoms with Gasteiger partial charge in [0.15, 0.2) is 5.78 Å². The van der Waals surface area contributed by atoms with Crippen LogP contribution in [-0.4, -0.2) is 45.2 Å². The van der Waals surface area contributed by atoms with Crippen molar-refractivity contribution in [3.63, 3.8) is 0 Å². The molecule has 0 spiro atoms. The van der Waals surface area contributed by atoms with Crippen molar-refractivity contribution in [1.82, 2.24) is 4.90 Å². The fourth-order valence-electron chi connectivity index (χ4n) is 4.19. The number of carbonyl (C=O) groups is 2. The third-order valence-corrected chi connectivity index (χ3v) is 7.63. The van der Waals surface area contributed by atoms with E-state index in [1.54, 1.807) is 29.2 Å². The Hall–Kier alpha value is -3.65. The lowest BCUT2D eigenvalue weighted by Crippen LogP contribution is -2.40. The maximum absolute atomic E-state index is 13.0. The zero-order valence-electron chi connectivity index (χ0n) is 19.7. The molecule has 1 saturated heterocycles. The number of sulfonamides is 1. The molecule has 182 valence electrons. The molecule has 4 rings (SSSR count). The number of anilines is 1. The fraction of sp³-hybridized carbons (Fsp3) is 0.259. The van der Waals surface area contributed by atoms with Crippen LogP contribution in [0.4, 0.5) is 5.69 Å². The van der Waals surface area contributed by atoms with E-state index in [2.05, 4.69) is 4.72 Å². The summed E-state index contributed by atoms with van der Waals surface area (Å²) < 4.78 is 33.3. The number of nitrogens with one attached hydrogen (secondary N) is 1. The monoisotopic (exact) mass is 492 g/mol. The zero-order valence-corrected chi connectivity index (χ0v) is 20.5. The number of carbonyl (C=O) groups excluding carboxylic acids is 2. The Morgan fingerprint density at radius 1 is 0.886 bits per heavy atom. The average Bonchev–Trinajstić information content (AvgIpc) is 2.88. The second-order valence-corrected chi connectivity index (χ2v) is 10.3. The van der Waals surface area contributed by atoms with Crippen molar-refractivity contribution in [3.8, 4) is 5.75 Å². The third kappa shape index (κ3) is 5.54. The van der Waals surface area contributed by atoms with Gasteiger partial charge in [0, 0.05) is 30.1 Å². The number of Topliss-reactive ketones (excluding diaryl/α,β-unsaturated/α-hetero) is 1. The molecular weight excluding hydrogens is 464 g/mol. The van der Waals surface area contributed by atoms with Gasteiger partial charge < -0.3 is 9.64 Å². The molecule has 7 nitrogen and oxygen atoms in total. The molecule has 35 heavy (non-hydrogen) atoms. The van der Waals surface area contributed by atoms with Crippen LogP contribution in [0.15, 0.2) is 77.7 Å². The Labute approximate surface area is 205 Å². The molecule has 1 amide bonds. The van der Waals surface area contributed by atoms with E-state index in [9.17, 15) is 18.0 Å². The Morgan fingerprint density at radius 2 is 1.49 bits per heavy atom. The van der Waals surface area contributed by atoms with Crippen LogP contribution >= 0.6 is 0 Å². The Morgan fingerprint density at radius 3 is 2.11 bits per heavy atom. The lowest BCUT2D eigenvalue weighted by atomic mass is 9.88. The molecule has 1 fully saturated rings. The van der Waals surface area contributed by atoms with Crippen molar-refractivity contribution in [2.45, 2.75) is 24.7 Å². The van der Waals surface area contributed by atoms with Crippen molar-refractivity contribution in [3.05, 3.63) is 89.5 Å². The number of para-hydroxylation sites is 2. The van der Waals surface area contributed by atoms with E-state index >= 15 is 0 Å². The molecule has 8 heteroatoms. The number of methoxy groups -OCH3 is 1. The highest BCUT2D eigenvalue weighted by Gasteiger charge is 2.28. The van der Waals surface area contributed by atoms with Gasteiger partial charge >= 0.3 is 0 Å². The van der Waals surface area contributed by atoms with Crippen LogP contribution in [0.5, 0.6) is 5.75 Å². The van der Waals surface area contributed by atoms with Gasteiger partial charge in [0.25, 0.3) is 15.9 Å². The Bertz CT molecular complexity index is 1310. The molecule has 0 bridgehead atoms. The number of likely N-dealkylation sites (tertiary alicyclic amines) is 1. The SMILES string of the molecule is COc1ccccc1NS(=O)(=O)c1ccc(C(=O)N2CCC(C(=O)c3ccc(C)cc3)CC2)cc1. The average molecular weight is 493 g/mol. The first-order chi connectivity index (χ1) is 16.8. The first kappa shape index (κ1) is 24.5. The molecule has 0 saturated carbocycles. The minimum atomic E-state index is -3.85. The normalized spacial score (nSPS) is 14.4. The number of amides is 1. The topological polar surface area (TPSA) is 92.8 Å². The van der Waals surface area contributed by atoms with E-state index in [1.807, 2.05) is 31.2 Å². The van der Waals surface area contributed by atoms with E-state index in [0.29, 0.717) is 48.5 Å². The van der Waals surface area contributed by atoms with Crippen molar-refractivity contribution in [2.75, 3.05) is 24.9 Å². The smallest absolute Gasteiger partial charge is 0.262 e. The number of nitrogens with zero attached hydrogens (tertiary/aromatic N) is 1. The van der Waals surface area contributed by atoms with Gasteiger partial charge in [0.2, 0.25) is 0 Å². The molecule has 0 atom stereocenters. The zero-order chi connectivity index (χ0) is 25.0. The number of aryl methyl sites for hydroxylation is 1. The first-order valence-corrected chi connectivity index (χ1v) is 12.9. The maximum Gasteiger partial charge on any atom is 0.262 e. The lowest BCUT2D eigenvalue weighted by Gasteiger charge is -2.31. The van der Waals surface area contributed by atoms with Gasteiger partial charge in [-0.2, -0.15) is 0 Å². The van der Waals surface area contributed by atoms with Gasteiger partial charge in [-0.25, -0.2) is 8.42 Å². The molecule has 0 radical (unpaired) electrons. The number of ketones is 1. The van der Waals surface area contributed by atoms with Gasteiger partial charge in [-0.1, -0.05) is 42.0 Å². The largest absolute Gasteiger partial charge is 0.495 e. The van der Waals surface area contributed by atoms with Crippen molar-refractivity contribution >= 4 is 27.4 Å². The third-order valence-electron chi connectivity index (χ3n) is 6.25. The number of hydrogen-bond donors (Lipinski definition) is 1. The molecule has 3 aromatic carbocycles. The van der Waals surface area contributed by atoms with Crippen LogP contribution < -0.4 is 9.46 Å². The van der Waals surface area contributed by atoms with Crippen LogP contribution in [0.2, 0.25) is 0 Å². The van der Waals surface area contributed by atoms with E-state index < -0.39 is 10.0 Å². The molecule has 1 aliphatic rings. The van der Waals surface area contributed by atoms with Gasteiger partial charge in [-0.15, -0.1) is 0 Å². The minimum Gasteiger partial charge on any atom is -0.495 e. The predicted octanol–water partition coefficient (Wildman–Crippen LogP) is 4.54. The van der Waals surface area contributed by atoms with Crippen LogP contribution in [0, 0.1) is 12.8 Å². The first-order valence-electron chi connectivity index (χ1n) is 11.4. The maximum atomic E-state index is 13.0. The molecule has 3 aromatic rings. The van der Waals surface area contributed by atoms with Crippen LogP contribution in [0.1, 0.15) is 39.1 Å². The minimum absolute atomic E-state index is 0.0439. The van der Waals surface area contributed by atoms with Gasteiger partial charge in [-0.3, -0.25) is 14.3 Å². The van der Waals surface area contributed by atoms with Crippen molar-refractivity contribution in [1.29, 1.82) is 0 Å². The van der Waals surface area contributed by atoms with E-state index in [1.165, 1.54) is 31.4 Å². The highest BCUT2D eigenvalue weighted by atomic mass is 32.2. The number of piperidine rings is 1. The van der Waals surface area contributed by atoms with Crippen molar-refractivity contribution in [2.24, 2.45) is 5.92 Å². The summed E-state index contributed by atoms with van der Waals surface area (Å²) in [6.45, 7) is 2.95. The summed E-state index contributed by atoms with van der Waals surface area (Å²) in [5.41, 5.74) is 2.55. The molecule has 0 unspecified atom stereocenters. The molecular formula is C27H28N2O5S. The summed E-state index contributed by atoms with van der Waals surface area (Å²) in [7, 11) is -2.38. The summed E-state index contributed by atoms with van der Waals surface area (Å²) in [4.78, 5) is 27.5. The quantitative estimate of drug-likeness (QED) is 0.489. The second kappa shape index (κ2) is 10.3. The molecule has 1 heterocycles. The summed E-state index contributed by atoms with van der Waals surface area (Å²) >= 11 is 0. The van der Waals surface area contributed by atoms with E-state index in [0.717, 1.165) is 5.56 Å². The molecule has 1 aliphatic heterocycles. The van der Waals surface area contributed by atoms with Crippen molar-refractivity contribution < 1.29 is 22.7 Å². The Kier molecular flexibility index (Phi) is 7.21. The Balaban J connectivity index is 1.38. The number of benzene rings is 3. The summed E-state index contributed by atoms with van der Waals surface area (Å²) in [5, 5.41) is 0. The van der Waals surface area contributed by atoms with Crippen LogP contribution in [0.25, 0.3) is 0 Å². The standard InChI is InChI=1S/C27H28N2O5S/c1-19-7-9-20(10-8-19)26(30)21-15-17-29(18-16-21)27(31)22-11-13-23(14-12-22)35(32,33)28-24-5-3-4-6-25(24)34-2/h3-14,21,28H,15-18H2,1-2H3. The molecule has 1 N–H and O–H groups in total. The van der Waals surface area contributed by atoms with E-state index in [-0.39, 0.29) is 22.5 Å². The number of rotatable bonds is 7. The second-order valence-electron chi connectivity index (χ2n) is 8.63. The van der Waals surface area contributed by atoms with Gasteiger partial charge in [0.05, 0.1) is 17.7 Å².